The predicted molar refractivity (Wildman–Crippen MR) is 265 cm³/mol. The summed E-state index contributed by atoms with van der Waals surface area (Å²) in [4.78, 5) is 0. The van der Waals surface area contributed by atoms with Gasteiger partial charge in [0, 0.05) is 0 Å². The first kappa shape index (κ1) is 73.2. The molecular weight excluding hydrogens is 1230 g/mol. The molecule has 8 rings (SSSR count). The zero-order valence-corrected chi connectivity index (χ0v) is 46.9. The Kier molecular flexibility index (Phi) is 23.5. The molecule has 89 heavy (non-hydrogen) atoms. The Labute approximate surface area is 501 Å². The van der Waals surface area contributed by atoms with Crippen molar-refractivity contribution in [1.29, 1.82) is 0 Å². The standard InChI is InChI=1S/C48H82O41/c49-1-16-25(59)34(68)42(9-56,82-16)76-12-45(37(71)28(62)19(4-52)85-45)78-14-47(39(73)30(64)21(6-54)87-47)80-15-48(40(74)31(65)22(7-55)88-48)79-13-46(38(72)29(63)20(5-53)86-46)77-11-44(36(70)27(61)18(3-51)84-44)75-8-23-24(58)32(66)33(67)41(81-23)89-43(10-57)35(69)26(60)17(2-50)83-43/h16-41,49-74H,1-15H2/t16-,17+,18-,19-,20-,21-,22-,23+,24+,25-,26+,27-,28-,29-,30-,31-,32-,33+,34+,35-,36+,37+,38+,39+,40+,41+,42-,43-,44-,45-,46-,47-,48-/m0/s1. The molecular formula is C48H82O41. The van der Waals surface area contributed by atoms with Gasteiger partial charge in [-0.1, -0.05) is 0 Å². The van der Waals surface area contributed by atoms with Gasteiger partial charge in [-0.15, -0.1) is 0 Å². The van der Waals surface area contributed by atoms with Gasteiger partial charge >= 0.3 is 0 Å². The van der Waals surface area contributed by atoms with E-state index in [-0.39, 0.29) is 0 Å². The maximum atomic E-state index is 11.8. The Morgan fingerprint density at radius 1 is 0.236 bits per heavy atom. The molecule has 26 N–H and O–H groups in total. The highest BCUT2D eigenvalue weighted by molar-refractivity contribution is 5.07. The number of aliphatic hydroxyl groups excluding tert-OH is 26. The summed E-state index contributed by atoms with van der Waals surface area (Å²) < 4.78 is 86.3. The molecule has 0 radical (unpaired) electrons. The van der Waals surface area contributed by atoms with Crippen LogP contribution in [0.4, 0.5) is 0 Å². The maximum absolute atomic E-state index is 11.8. The first-order chi connectivity index (χ1) is 42.0. The van der Waals surface area contributed by atoms with Gasteiger partial charge in [-0.2, -0.15) is 0 Å². The largest absolute Gasteiger partial charge is 0.394 e. The van der Waals surface area contributed by atoms with Crippen molar-refractivity contribution in [2.24, 2.45) is 0 Å². The maximum Gasteiger partial charge on any atom is 0.224 e. The lowest BCUT2D eigenvalue weighted by molar-refractivity contribution is -0.395. The minimum Gasteiger partial charge on any atom is -0.394 e. The molecule has 8 fully saturated rings. The SMILES string of the molecule is OC[C@@H]1O[C@](CO)(OC[C@]2(OC[C@]3(OC[C@]4(OC[C@]5(OC[C@]6(OC[C@H]7O[C@H](O[C@]8(CO)O[C@H](CO)[C@@H](O)[C@@H]8O)[C@H](O)[C@@H](O)[C@@H]7O)O[C@@H](CO)[C@H](O)[C@H]6O)O[C@@H](CO)[C@H](O)[C@H]5O)O[C@@H](CO)[C@H](O)[C@H]4O)O[C@@H](CO)[C@H](O)[C@H]3O)O[C@@H](CO)[C@H](O)[C@H]2O)[C@H](O)[C@H]1O. The summed E-state index contributed by atoms with van der Waals surface area (Å²) in [5.41, 5.74) is 0. The average molecular weight is 1320 g/mol. The minimum atomic E-state index is -3.05. The Morgan fingerprint density at radius 2 is 0.461 bits per heavy atom. The number of ether oxygens (including phenoxy) is 15. The molecule has 0 amide bonds. The summed E-state index contributed by atoms with van der Waals surface area (Å²) in [6.07, 6.45) is -54.0. The molecule has 0 unspecified atom stereocenters. The molecule has 0 spiro atoms. The van der Waals surface area contributed by atoms with Crippen LogP contribution in [0.25, 0.3) is 0 Å². The van der Waals surface area contributed by atoms with Crippen molar-refractivity contribution >= 4 is 0 Å². The molecule has 0 aromatic carbocycles. The fourth-order valence-electron chi connectivity index (χ4n) is 11.7. The van der Waals surface area contributed by atoms with Gasteiger partial charge in [0.05, 0.1) is 52.9 Å². The second-order valence-electron chi connectivity index (χ2n) is 22.8. The van der Waals surface area contributed by atoms with Gasteiger partial charge in [-0.25, -0.2) is 0 Å². The Hall–Kier alpha value is -1.64. The minimum absolute atomic E-state index is 0.919. The zero-order chi connectivity index (χ0) is 65.7. The van der Waals surface area contributed by atoms with E-state index in [9.17, 15) is 133 Å². The highest BCUT2D eigenvalue weighted by Crippen LogP contribution is 2.46. The summed E-state index contributed by atoms with van der Waals surface area (Å²) >= 11 is 0. The van der Waals surface area contributed by atoms with Crippen LogP contribution in [0.3, 0.4) is 0 Å². The molecule has 0 aromatic rings. The molecule has 41 heteroatoms. The lowest BCUT2D eigenvalue weighted by Gasteiger charge is -2.44. The van der Waals surface area contributed by atoms with E-state index in [0.717, 1.165) is 0 Å². The van der Waals surface area contributed by atoms with Crippen LogP contribution >= 0.6 is 0 Å². The van der Waals surface area contributed by atoms with Gasteiger partial charge in [-0.05, 0) is 0 Å². The van der Waals surface area contributed by atoms with Gasteiger partial charge in [0.1, 0.15) is 199 Å². The van der Waals surface area contributed by atoms with Crippen LogP contribution in [-0.4, -0.2) is 431 Å². The third kappa shape index (κ3) is 13.0. The molecule has 0 aliphatic carbocycles. The van der Waals surface area contributed by atoms with Crippen LogP contribution in [0.2, 0.25) is 0 Å². The van der Waals surface area contributed by atoms with Crippen LogP contribution in [0, 0.1) is 0 Å². The molecule has 520 valence electrons. The molecule has 8 saturated heterocycles. The zero-order valence-electron chi connectivity index (χ0n) is 46.9. The lowest BCUT2D eigenvalue weighted by Crippen LogP contribution is -2.63. The van der Waals surface area contributed by atoms with Crippen molar-refractivity contribution in [3.63, 3.8) is 0 Å². The quantitative estimate of drug-likeness (QED) is 0.0331. The monoisotopic (exact) mass is 1310 g/mol. The van der Waals surface area contributed by atoms with E-state index >= 15 is 0 Å². The third-order valence-electron chi connectivity index (χ3n) is 17.3. The van der Waals surface area contributed by atoms with Gasteiger partial charge in [-0.3, -0.25) is 0 Å². The normalized spacial score (nSPS) is 52.7. The summed E-state index contributed by atoms with van der Waals surface area (Å²) in [6.45, 7) is -18.1. The third-order valence-corrected chi connectivity index (χ3v) is 17.3. The smallest absolute Gasteiger partial charge is 0.224 e. The van der Waals surface area contributed by atoms with Crippen molar-refractivity contribution in [3.05, 3.63) is 0 Å². The molecule has 33 atom stereocenters. The fraction of sp³-hybridized carbons (Fsp3) is 1.00. The summed E-state index contributed by atoms with van der Waals surface area (Å²) in [5.74, 6) is -20.2. The number of hydrogen-bond acceptors (Lipinski definition) is 41. The summed E-state index contributed by atoms with van der Waals surface area (Å²) in [5, 5.41) is 280. The van der Waals surface area contributed by atoms with Crippen LogP contribution in [0.5, 0.6) is 0 Å². The second kappa shape index (κ2) is 28.6. The summed E-state index contributed by atoms with van der Waals surface area (Å²) in [6, 6.07) is 0. The molecule has 8 aliphatic rings. The van der Waals surface area contributed by atoms with Gasteiger partial charge in [0.15, 0.2) is 6.29 Å². The van der Waals surface area contributed by atoms with E-state index < -0.39 is 299 Å². The molecule has 0 saturated carbocycles. The first-order valence-corrected chi connectivity index (χ1v) is 27.9. The van der Waals surface area contributed by atoms with E-state index in [0.29, 0.717) is 0 Å². The summed E-state index contributed by atoms with van der Waals surface area (Å²) in [7, 11) is 0. The van der Waals surface area contributed by atoms with E-state index in [4.69, 9.17) is 71.1 Å². The molecule has 0 aromatic heterocycles. The van der Waals surface area contributed by atoms with Crippen LogP contribution < -0.4 is 0 Å². The fourth-order valence-corrected chi connectivity index (χ4v) is 11.7. The highest BCUT2D eigenvalue weighted by atomic mass is 16.8. The number of aliphatic hydroxyl groups is 26. The average Bonchev–Trinajstić information content (AvgIpc) is 2.29. The molecule has 8 aliphatic heterocycles. The van der Waals surface area contributed by atoms with E-state index in [1.54, 1.807) is 0 Å². The Bertz CT molecular complexity index is 2260. The molecule has 41 nitrogen and oxygen atoms in total. The van der Waals surface area contributed by atoms with Gasteiger partial charge < -0.3 is 204 Å². The van der Waals surface area contributed by atoms with Gasteiger partial charge in [0.25, 0.3) is 0 Å². The first-order valence-electron chi connectivity index (χ1n) is 27.9. The van der Waals surface area contributed by atoms with Crippen molar-refractivity contribution < 1.29 is 204 Å². The Morgan fingerprint density at radius 3 is 0.719 bits per heavy atom. The number of hydrogen-bond donors (Lipinski definition) is 26. The number of rotatable bonds is 29. The van der Waals surface area contributed by atoms with Crippen molar-refractivity contribution in [3.8, 4) is 0 Å². The van der Waals surface area contributed by atoms with E-state index in [1.165, 1.54) is 0 Å². The van der Waals surface area contributed by atoms with Crippen LogP contribution in [0.1, 0.15) is 0 Å². The van der Waals surface area contributed by atoms with Gasteiger partial charge in [0.2, 0.25) is 40.5 Å². The molecule has 8 heterocycles. The van der Waals surface area contributed by atoms with Crippen LogP contribution in [-0.2, 0) is 71.1 Å². The van der Waals surface area contributed by atoms with E-state index in [2.05, 4.69) is 0 Å². The Balaban J connectivity index is 1.08. The molecule has 0 bridgehead atoms. The second-order valence-corrected chi connectivity index (χ2v) is 22.8. The predicted octanol–water partition coefficient (Wildman–Crippen LogP) is -18.4. The van der Waals surface area contributed by atoms with E-state index in [1.807, 2.05) is 0 Å². The van der Waals surface area contributed by atoms with Crippen molar-refractivity contribution in [2.75, 3.05) is 99.1 Å². The highest BCUT2D eigenvalue weighted by Gasteiger charge is 2.68. The topological polar surface area (TPSA) is 664 Å². The lowest BCUT2D eigenvalue weighted by atomic mass is 9.98. The van der Waals surface area contributed by atoms with Crippen LogP contribution in [0.15, 0.2) is 0 Å². The van der Waals surface area contributed by atoms with Crippen molar-refractivity contribution in [2.45, 2.75) is 199 Å². The van der Waals surface area contributed by atoms with Crippen molar-refractivity contribution in [1.82, 2.24) is 0 Å².